The van der Waals surface area contributed by atoms with E-state index in [1.807, 2.05) is 0 Å². The Kier molecular flexibility index (Phi) is 4.84. The van der Waals surface area contributed by atoms with Crippen molar-refractivity contribution in [3.63, 3.8) is 0 Å². The molecule has 2 atom stereocenters. The van der Waals surface area contributed by atoms with Crippen molar-refractivity contribution in [1.29, 1.82) is 0 Å². The van der Waals surface area contributed by atoms with Crippen LogP contribution in [0.1, 0.15) is 19.4 Å². The molecule has 17 heavy (non-hydrogen) atoms. The van der Waals surface area contributed by atoms with Gasteiger partial charge in [0.05, 0.1) is 6.10 Å². The van der Waals surface area contributed by atoms with Gasteiger partial charge in [0.25, 0.3) is 0 Å². The molecule has 5 heteroatoms. The summed E-state index contributed by atoms with van der Waals surface area (Å²) in [6.07, 6.45) is -1.47. The predicted octanol–water partition coefficient (Wildman–Crippen LogP) is 1.83. The minimum atomic E-state index is -0.800. The molecule has 0 aliphatic heterocycles. The molecule has 0 fully saturated rings. The Bertz CT molecular complexity index is 360. The number of aliphatic hydroxyl groups excluding tert-OH is 1. The molecular formula is C12H17F2NO2. The van der Waals surface area contributed by atoms with E-state index in [1.165, 1.54) is 19.1 Å². The summed E-state index contributed by atoms with van der Waals surface area (Å²) >= 11 is 0. The van der Waals surface area contributed by atoms with E-state index in [0.717, 1.165) is 0 Å². The van der Waals surface area contributed by atoms with Crippen LogP contribution in [0.3, 0.4) is 0 Å². The van der Waals surface area contributed by atoms with E-state index in [2.05, 4.69) is 5.32 Å². The molecule has 0 spiro atoms. The number of benzene rings is 1. The van der Waals surface area contributed by atoms with Crippen LogP contribution in [0, 0.1) is 11.6 Å². The lowest BCUT2D eigenvalue weighted by Crippen LogP contribution is -2.26. The van der Waals surface area contributed by atoms with Crippen LogP contribution < -0.4 is 10.1 Å². The van der Waals surface area contributed by atoms with Gasteiger partial charge in [-0.3, -0.25) is 0 Å². The van der Waals surface area contributed by atoms with Crippen LogP contribution in [-0.4, -0.2) is 24.4 Å². The van der Waals surface area contributed by atoms with Gasteiger partial charge < -0.3 is 15.2 Å². The average Bonchev–Trinajstić information content (AvgIpc) is 2.23. The summed E-state index contributed by atoms with van der Waals surface area (Å²) in [5, 5.41) is 12.0. The highest BCUT2D eigenvalue weighted by Crippen LogP contribution is 2.24. The van der Waals surface area contributed by atoms with Gasteiger partial charge in [0.15, 0.2) is 17.4 Å². The van der Waals surface area contributed by atoms with E-state index in [4.69, 9.17) is 4.74 Å². The summed E-state index contributed by atoms with van der Waals surface area (Å²) in [5.41, 5.74) is 0.500. The highest BCUT2D eigenvalue weighted by Gasteiger charge is 2.18. The Balaban J connectivity index is 2.93. The van der Waals surface area contributed by atoms with Crippen molar-refractivity contribution < 1.29 is 18.6 Å². The summed E-state index contributed by atoms with van der Waals surface area (Å²) in [6.45, 7) is 3.42. The number of hydrogen-bond donors (Lipinski definition) is 2. The lowest BCUT2D eigenvalue weighted by atomic mass is 10.2. The standard InChI is InChI=1S/C12H17F2NO2/c1-7(16)8(2)17-12-10(13)4-9(6-15-3)5-11(12)14/h4-5,7-8,15-16H,6H2,1-3H3. The number of rotatable bonds is 5. The zero-order chi connectivity index (χ0) is 13.0. The summed E-state index contributed by atoms with van der Waals surface area (Å²) in [4.78, 5) is 0. The van der Waals surface area contributed by atoms with E-state index >= 15 is 0 Å². The zero-order valence-electron chi connectivity index (χ0n) is 10.1. The minimum Gasteiger partial charge on any atom is -0.482 e. The van der Waals surface area contributed by atoms with Crippen molar-refractivity contribution in [3.05, 3.63) is 29.3 Å². The first-order valence-electron chi connectivity index (χ1n) is 5.43. The van der Waals surface area contributed by atoms with Crippen LogP contribution >= 0.6 is 0 Å². The van der Waals surface area contributed by atoms with E-state index in [0.29, 0.717) is 12.1 Å². The lowest BCUT2D eigenvalue weighted by molar-refractivity contribution is 0.0551. The number of aliphatic hydroxyl groups is 1. The molecular weight excluding hydrogens is 228 g/mol. The molecule has 0 saturated heterocycles. The van der Waals surface area contributed by atoms with Gasteiger partial charge in [-0.25, -0.2) is 8.78 Å². The number of halogens is 2. The fraction of sp³-hybridized carbons (Fsp3) is 0.500. The Morgan fingerprint density at radius 1 is 1.29 bits per heavy atom. The monoisotopic (exact) mass is 245 g/mol. The zero-order valence-corrected chi connectivity index (χ0v) is 10.1. The van der Waals surface area contributed by atoms with Crippen molar-refractivity contribution in [3.8, 4) is 5.75 Å². The SMILES string of the molecule is CNCc1cc(F)c(OC(C)C(C)O)c(F)c1. The summed E-state index contributed by atoms with van der Waals surface area (Å²) in [5.74, 6) is -1.97. The Hall–Kier alpha value is -1.20. The molecule has 0 bridgehead atoms. The molecule has 3 nitrogen and oxygen atoms in total. The van der Waals surface area contributed by atoms with Crippen LogP contribution in [0.25, 0.3) is 0 Å². The van der Waals surface area contributed by atoms with E-state index in [-0.39, 0.29) is 0 Å². The molecule has 2 unspecified atom stereocenters. The van der Waals surface area contributed by atoms with Gasteiger partial charge in [0, 0.05) is 6.54 Å². The topological polar surface area (TPSA) is 41.5 Å². The lowest BCUT2D eigenvalue weighted by Gasteiger charge is -2.18. The second kappa shape index (κ2) is 5.93. The van der Waals surface area contributed by atoms with Crippen molar-refractivity contribution in [1.82, 2.24) is 5.32 Å². The first-order chi connectivity index (χ1) is 7.95. The number of hydrogen-bond acceptors (Lipinski definition) is 3. The van der Waals surface area contributed by atoms with E-state index in [9.17, 15) is 13.9 Å². The van der Waals surface area contributed by atoms with Crippen LogP contribution in [0.2, 0.25) is 0 Å². The van der Waals surface area contributed by atoms with Crippen LogP contribution in [-0.2, 0) is 6.54 Å². The van der Waals surface area contributed by atoms with Crippen molar-refractivity contribution in [2.24, 2.45) is 0 Å². The van der Waals surface area contributed by atoms with Gasteiger partial charge in [-0.1, -0.05) is 0 Å². The maximum Gasteiger partial charge on any atom is 0.191 e. The quantitative estimate of drug-likeness (QED) is 0.831. The molecule has 0 heterocycles. The molecule has 1 rings (SSSR count). The molecule has 0 aliphatic carbocycles. The van der Waals surface area contributed by atoms with Crippen molar-refractivity contribution in [2.75, 3.05) is 7.05 Å². The molecule has 2 N–H and O–H groups in total. The second-order valence-corrected chi connectivity index (χ2v) is 3.98. The maximum absolute atomic E-state index is 13.6. The van der Waals surface area contributed by atoms with Crippen LogP contribution in [0.4, 0.5) is 8.78 Å². The third-order valence-corrected chi connectivity index (χ3v) is 2.42. The van der Waals surface area contributed by atoms with Crippen molar-refractivity contribution in [2.45, 2.75) is 32.6 Å². The highest BCUT2D eigenvalue weighted by atomic mass is 19.1. The van der Waals surface area contributed by atoms with Crippen LogP contribution in [0.15, 0.2) is 12.1 Å². The Morgan fingerprint density at radius 2 is 1.82 bits per heavy atom. The molecule has 96 valence electrons. The van der Waals surface area contributed by atoms with Gasteiger partial charge in [-0.05, 0) is 38.6 Å². The normalized spacial score (nSPS) is 14.5. The molecule has 0 aromatic heterocycles. The third kappa shape index (κ3) is 3.64. The molecule has 0 radical (unpaired) electrons. The molecule has 0 amide bonds. The minimum absolute atomic E-state index is 0.375. The van der Waals surface area contributed by atoms with Gasteiger partial charge >= 0.3 is 0 Å². The average molecular weight is 245 g/mol. The van der Waals surface area contributed by atoms with Gasteiger partial charge in [-0.15, -0.1) is 0 Å². The molecule has 1 aromatic rings. The number of nitrogens with one attached hydrogen (secondary N) is 1. The summed E-state index contributed by atoms with van der Waals surface area (Å²) in [6, 6.07) is 2.42. The largest absolute Gasteiger partial charge is 0.482 e. The number of ether oxygens (including phenoxy) is 1. The van der Waals surface area contributed by atoms with Gasteiger partial charge in [0.2, 0.25) is 0 Å². The van der Waals surface area contributed by atoms with Crippen LogP contribution in [0.5, 0.6) is 5.75 Å². The van der Waals surface area contributed by atoms with Gasteiger partial charge in [-0.2, -0.15) is 0 Å². The molecule has 0 aliphatic rings. The first kappa shape index (κ1) is 13.9. The first-order valence-corrected chi connectivity index (χ1v) is 5.43. The third-order valence-electron chi connectivity index (χ3n) is 2.42. The summed E-state index contributed by atoms with van der Waals surface area (Å²) < 4.78 is 32.2. The fourth-order valence-electron chi connectivity index (χ4n) is 1.32. The van der Waals surface area contributed by atoms with E-state index in [1.54, 1.807) is 14.0 Å². The molecule has 0 saturated carbocycles. The summed E-state index contributed by atoms with van der Waals surface area (Å²) in [7, 11) is 1.69. The fourth-order valence-corrected chi connectivity index (χ4v) is 1.32. The second-order valence-electron chi connectivity index (χ2n) is 3.98. The maximum atomic E-state index is 13.6. The van der Waals surface area contributed by atoms with Gasteiger partial charge in [0.1, 0.15) is 6.10 Å². The predicted molar refractivity (Wildman–Crippen MR) is 60.9 cm³/mol. The highest BCUT2D eigenvalue weighted by molar-refractivity contribution is 5.31. The smallest absolute Gasteiger partial charge is 0.191 e. The van der Waals surface area contributed by atoms with E-state index < -0.39 is 29.6 Å². The van der Waals surface area contributed by atoms with Crippen molar-refractivity contribution >= 4 is 0 Å². The Morgan fingerprint density at radius 3 is 2.24 bits per heavy atom. The molecule has 1 aromatic carbocycles. The Labute approximate surface area is 99.4 Å².